The number of benzene rings is 1. The fourth-order valence-corrected chi connectivity index (χ4v) is 3.60. The summed E-state index contributed by atoms with van der Waals surface area (Å²) in [5.41, 5.74) is 6.07. The van der Waals surface area contributed by atoms with Crippen molar-refractivity contribution in [2.75, 3.05) is 18.4 Å². The standard InChI is InChI=1S/C19H16N6OS/c26-18(24-6-2-7-24)14-5-8-25-16(11-20-17(25)10-14)13-3-1-4-15(9-13)22-19-23-21-12-27-19/h1,3-5,8-12H,2,6-7H2,(H,22,23). The first kappa shape index (κ1) is 16.0. The third-order valence-electron chi connectivity index (χ3n) is 4.67. The second-order valence-corrected chi connectivity index (χ2v) is 7.22. The summed E-state index contributed by atoms with van der Waals surface area (Å²) in [7, 11) is 0. The Morgan fingerprint density at radius 1 is 1.19 bits per heavy atom. The monoisotopic (exact) mass is 376 g/mol. The van der Waals surface area contributed by atoms with Crippen LogP contribution in [-0.4, -0.2) is 43.5 Å². The Bertz CT molecular complexity index is 1120. The van der Waals surface area contributed by atoms with Gasteiger partial charge in [0, 0.05) is 36.1 Å². The molecule has 0 spiro atoms. The number of rotatable bonds is 4. The van der Waals surface area contributed by atoms with E-state index in [1.807, 2.05) is 58.1 Å². The highest BCUT2D eigenvalue weighted by Gasteiger charge is 2.22. The molecule has 0 aliphatic carbocycles. The number of carbonyl (C=O) groups excluding carboxylic acids is 1. The lowest BCUT2D eigenvalue weighted by Gasteiger charge is -2.30. The average molecular weight is 376 g/mol. The van der Waals surface area contributed by atoms with Crippen LogP contribution in [0, 0.1) is 0 Å². The fourth-order valence-electron chi connectivity index (χ4n) is 3.14. The van der Waals surface area contributed by atoms with Gasteiger partial charge in [-0.3, -0.25) is 9.20 Å². The molecule has 1 aliphatic rings. The van der Waals surface area contributed by atoms with E-state index >= 15 is 0 Å². The molecule has 4 aromatic rings. The van der Waals surface area contributed by atoms with Crippen LogP contribution in [0.3, 0.4) is 0 Å². The van der Waals surface area contributed by atoms with E-state index in [0.717, 1.165) is 47.2 Å². The molecule has 0 radical (unpaired) electrons. The van der Waals surface area contributed by atoms with E-state index in [-0.39, 0.29) is 5.91 Å². The highest BCUT2D eigenvalue weighted by Crippen LogP contribution is 2.26. The van der Waals surface area contributed by atoms with Crippen molar-refractivity contribution in [1.82, 2.24) is 24.5 Å². The molecule has 1 aromatic carbocycles. The van der Waals surface area contributed by atoms with Crippen molar-refractivity contribution in [3.63, 3.8) is 0 Å². The average Bonchev–Trinajstić information content (AvgIpc) is 3.29. The molecular formula is C19H16N6OS. The van der Waals surface area contributed by atoms with Gasteiger partial charge in [0.05, 0.1) is 11.9 Å². The molecule has 1 amide bonds. The van der Waals surface area contributed by atoms with Crippen molar-refractivity contribution >= 4 is 33.7 Å². The van der Waals surface area contributed by atoms with Crippen LogP contribution in [0.15, 0.2) is 54.3 Å². The summed E-state index contributed by atoms with van der Waals surface area (Å²) >= 11 is 1.45. The van der Waals surface area contributed by atoms with Crippen LogP contribution < -0.4 is 5.32 Å². The Morgan fingerprint density at radius 3 is 2.89 bits per heavy atom. The Morgan fingerprint density at radius 2 is 2.11 bits per heavy atom. The second-order valence-electron chi connectivity index (χ2n) is 6.38. The molecular weight excluding hydrogens is 360 g/mol. The van der Waals surface area contributed by atoms with E-state index in [9.17, 15) is 4.79 Å². The second kappa shape index (κ2) is 6.48. The number of nitrogens with one attached hydrogen (secondary N) is 1. The molecule has 0 atom stereocenters. The lowest BCUT2D eigenvalue weighted by Crippen LogP contribution is -2.42. The highest BCUT2D eigenvalue weighted by atomic mass is 32.1. The molecule has 0 bridgehead atoms. The van der Waals surface area contributed by atoms with Crippen LogP contribution in [-0.2, 0) is 0 Å². The van der Waals surface area contributed by atoms with Crippen LogP contribution in [0.1, 0.15) is 16.8 Å². The van der Waals surface area contributed by atoms with Crippen LogP contribution in [0.2, 0.25) is 0 Å². The summed E-state index contributed by atoms with van der Waals surface area (Å²) in [6, 6.07) is 11.8. The van der Waals surface area contributed by atoms with Gasteiger partial charge in [-0.2, -0.15) is 0 Å². The number of pyridine rings is 1. The first-order chi connectivity index (χ1) is 13.3. The Kier molecular flexibility index (Phi) is 3.83. The van der Waals surface area contributed by atoms with E-state index in [0.29, 0.717) is 5.56 Å². The number of nitrogens with zero attached hydrogens (tertiary/aromatic N) is 5. The molecule has 7 nitrogen and oxygen atoms in total. The normalized spacial score (nSPS) is 13.6. The number of imidazole rings is 1. The topological polar surface area (TPSA) is 75.4 Å². The molecule has 27 heavy (non-hydrogen) atoms. The summed E-state index contributed by atoms with van der Waals surface area (Å²) in [5.74, 6) is 0.0801. The van der Waals surface area contributed by atoms with Crippen molar-refractivity contribution in [3.8, 4) is 11.3 Å². The smallest absolute Gasteiger partial charge is 0.254 e. The number of amides is 1. The SMILES string of the molecule is O=C(c1ccn2c(-c3cccc(Nc4nncs4)c3)cnc2c1)N1CCC1. The number of aromatic nitrogens is 4. The van der Waals surface area contributed by atoms with Crippen LogP contribution in [0.25, 0.3) is 16.9 Å². The van der Waals surface area contributed by atoms with E-state index < -0.39 is 0 Å². The van der Waals surface area contributed by atoms with E-state index in [4.69, 9.17) is 0 Å². The summed E-state index contributed by atoms with van der Waals surface area (Å²) in [6.07, 6.45) is 4.83. The van der Waals surface area contributed by atoms with Crippen molar-refractivity contribution < 1.29 is 4.79 Å². The maximum Gasteiger partial charge on any atom is 0.254 e. The van der Waals surface area contributed by atoms with Gasteiger partial charge in [0.1, 0.15) is 11.2 Å². The first-order valence-electron chi connectivity index (χ1n) is 8.68. The molecule has 0 unspecified atom stereocenters. The van der Waals surface area contributed by atoms with Gasteiger partial charge in [0.2, 0.25) is 5.13 Å². The van der Waals surface area contributed by atoms with Crippen LogP contribution in [0.5, 0.6) is 0 Å². The zero-order chi connectivity index (χ0) is 18.2. The van der Waals surface area contributed by atoms with Gasteiger partial charge in [-0.05, 0) is 30.7 Å². The number of fused-ring (bicyclic) bond motifs is 1. The predicted molar refractivity (Wildman–Crippen MR) is 104 cm³/mol. The number of anilines is 2. The van der Waals surface area contributed by atoms with Gasteiger partial charge in [0.15, 0.2) is 0 Å². The van der Waals surface area contributed by atoms with Crippen molar-refractivity contribution in [3.05, 3.63) is 59.9 Å². The molecule has 0 saturated carbocycles. The molecule has 5 rings (SSSR count). The van der Waals surface area contributed by atoms with Crippen molar-refractivity contribution in [1.29, 1.82) is 0 Å². The molecule has 1 aliphatic heterocycles. The van der Waals surface area contributed by atoms with Gasteiger partial charge in [-0.25, -0.2) is 4.98 Å². The quantitative estimate of drug-likeness (QED) is 0.590. The Labute approximate surface area is 159 Å². The summed E-state index contributed by atoms with van der Waals surface area (Å²) in [4.78, 5) is 18.8. The Balaban J connectivity index is 1.47. The molecule has 1 N–H and O–H groups in total. The van der Waals surface area contributed by atoms with Gasteiger partial charge < -0.3 is 10.2 Å². The lowest BCUT2D eigenvalue weighted by atomic mass is 10.1. The van der Waals surface area contributed by atoms with E-state index in [1.54, 1.807) is 5.51 Å². The third-order valence-corrected chi connectivity index (χ3v) is 5.28. The molecule has 134 valence electrons. The van der Waals surface area contributed by atoms with Gasteiger partial charge in [-0.1, -0.05) is 23.5 Å². The van der Waals surface area contributed by atoms with Crippen LogP contribution in [0.4, 0.5) is 10.8 Å². The third kappa shape index (κ3) is 2.93. The largest absolute Gasteiger partial charge is 0.339 e. The fraction of sp³-hybridized carbons (Fsp3) is 0.158. The maximum atomic E-state index is 12.4. The first-order valence-corrected chi connectivity index (χ1v) is 9.56. The zero-order valence-electron chi connectivity index (χ0n) is 14.4. The zero-order valence-corrected chi connectivity index (χ0v) is 15.2. The molecule has 4 heterocycles. The minimum atomic E-state index is 0.0801. The lowest BCUT2D eigenvalue weighted by molar-refractivity contribution is 0.0652. The van der Waals surface area contributed by atoms with E-state index in [2.05, 4.69) is 20.5 Å². The highest BCUT2D eigenvalue weighted by molar-refractivity contribution is 7.13. The number of hydrogen-bond acceptors (Lipinski definition) is 6. The van der Waals surface area contributed by atoms with Gasteiger partial charge >= 0.3 is 0 Å². The predicted octanol–water partition coefficient (Wildman–Crippen LogP) is 3.44. The number of carbonyl (C=O) groups is 1. The van der Waals surface area contributed by atoms with Crippen LogP contribution >= 0.6 is 11.3 Å². The summed E-state index contributed by atoms with van der Waals surface area (Å²) in [6.45, 7) is 1.69. The van der Waals surface area contributed by atoms with Crippen molar-refractivity contribution in [2.45, 2.75) is 6.42 Å². The number of hydrogen-bond donors (Lipinski definition) is 1. The summed E-state index contributed by atoms with van der Waals surface area (Å²) < 4.78 is 2.00. The molecule has 1 saturated heterocycles. The van der Waals surface area contributed by atoms with Crippen molar-refractivity contribution in [2.24, 2.45) is 0 Å². The minimum absolute atomic E-state index is 0.0801. The van der Waals surface area contributed by atoms with Gasteiger partial charge in [-0.15, -0.1) is 10.2 Å². The minimum Gasteiger partial charge on any atom is -0.339 e. The Hall–Kier alpha value is -3.26. The number of likely N-dealkylation sites (tertiary alicyclic amines) is 1. The van der Waals surface area contributed by atoms with Gasteiger partial charge in [0.25, 0.3) is 5.91 Å². The molecule has 8 heteroatoms. The summed E-state index contributed by atoms with van der Waals surface area (Å²) in [5, 5.41) is 11.8. The molecule has 1 fully saturated rings. The molecule has 3 aromatic heterocycles. The van der Waals surface area contributed by atoms with E-state index in [1.165, 1.54) is 11.3 Å². The maximum absolute atomic E-state index is 12.4.